The number of esters is 1. The van der Waals surface area contributed by atoms with Gasteiger partial charge in [-0.1, -0.05) is 72.4 Å². The number of sulfonamides is 1. The molecular formula is C33H35Cl2N3O6S. The van der Waals surface area contributed by atoms with Gasteiger partial charge < -0.3 is 15.0 Å². The zero-order valence-electron chi connectivity index (χ0n) is 25.0. The van der Waals surface area contributed by atoms with E-state index in [0.29, 0.717) is 51.6 Å². The van der Waals surface area contributed by atoms with Gasteiger partial charge in [-0.05, 0) is 66.3 Å². The van der Waals surface area contributed by atoms with Crippen LogP contribution in [0.4, 0.5) is 0 Å². The first-order chi connectivity index (χ1) is 21.5. The quantitative estimate of drug-likeness (QED) is 0.299. The van der Waals surface area contributed by atoms with Gasteiger partial charge in [0.2, 0.25) is 15.9 Å². The first-order valence-corrected chi connectivity index (χ1v) is 17.4. The van der Waals surface area contributed by atoms with Crippen LogP contribution in [0.15, 0.2) is 66.7 Å². The lowest BCUT2D eigenvalue weighted by Gasteiger charge is -2.49. The molecule has 2 amide bonds. The summed E-state index contributed by atoms with van der Waals surface area (Å²) in [6.07, 6.45) is 4.25. The van der Waals surface area contributed by atoms with Gasteiger partial charge in [0.05, 0.1) is 30.9 Å². The van der Waals surface area contributed by atoms with Crippen LogP contribution in [-0.2, 0) is 26.0 Å². The Hall–Kier alpha value is -3.44. The minimum Gasteiger partial charge on any atom is -0.465 e. The van der Waals surface area contributed by atoms with Crippen LogP contribution >= 0.6 is 23.2 Å². The SMILES string of the molecule is COC(=O)c1cccc(CCNC(=O)[C@@H]2c3ccccc3C(=O)N([C@H]3CCCC[C@@H]3NS(C)(=O)=O)[C@H]2c2ccc(Cl)cc2Cl)c1. The van der Waals surface area contributed by atoms with E-state index < -0.39 is 40.0 Å². The van der Waals surface area contributed by atoms with Gasteiger partial charge in [0, 0.05) is 34.2 Å². The lowest BCUT2D eigenvalue weighted by atomic mass is 9.76. The van der Waals surface area contributed by atoms with Crippen LogP contribution in [0.25, 0.3) is 0 Å². The van der Waals surface area contributed by atoms with Crippen LogP contribution in [0.5, 0.6) is 0 Å². The first-order valence-electron chi connectivity index (χ1n) is 14.8. The maximum Gasteiger partial charge on any atom is 0.337 e. The number of benzene rings is 3. The molecule has 12 heteroatoms. The Kier molecular flexibility index (Phi) is 10.2. The fourth-order valence-electron chi connectivity index (χ4n) is 6.54. The van der Waals surface area contributed by atoms with Crippen molar-refractivity contribution in [3.8, 4) is 0 Å². The van der Waals surface area contributed by atoms with Gasteiger partial charge in [0.1, 0.15) is 0 Å². The molecule has 9 nitrogen and oxygen atoms in total. The van der Waals surface area contributed by atoms with Crippen LogP contribution in [0.3, 0.4) is 0 Å². The molecule has 2 N–H and O–H groups in total. The zero-order valence-corrected chi connectivity index (χ0v) is 27.3. The highest BCUT2D eigenvalue weighted by atomic mass is 35.5. The van der Waals surface area contributed by atoms with E-state index >= 15 is 0 Å². The number of halogens is 2. The number of rotatable bonds is 9. The number of methoxy groups -OCH3 is 1. The Balaban J connectivity index is 1.55. The van der Waals surface area contributed by atoms with E-state index in [2.05, 4.69) is 10.0 Å². The van der Waals surface area contributed by atoms with E-state index in [9.17, 15) is 22.8 Å². The second kappa shape index (κ2) is 13.9. The van der Waals surface area contributed by atoms with Crippen molar-refractivity contribution < 1.29 is 27.5 Å². The number of carbonyl (C=O) groups excluding carboxylic acids is 3. The third-order valence-corrected chi connectivity index (χ3v) is 9.75. The molecule has 0 spiro atoms. The molecule has 2 aliphatic rings. The molecule has 1 saturated carbocycles. The van der Waals surface area contributed by atoms with Gasteiger partial charge in [-0.15, -0.1) is 0 Å². The van der Waals surface area contributed by atoms with E-state index in [1.54, 1.807) is 65.6 Å². The Labute approximate surface area is 273 Å². The van der Waals surface area contributed by atoms with Crippen LogP contribution in [0.2, 0.25) is 10.0 Å². The molecule has 1 aliphatic carbocycles. The minimum atomic E-state index is -3.59. The molecule has 0 radical (unpaired) electrons. The molecule has 0 unspecified atom stereocenters. The standard InChI is InChI=1S/C33H35Cl2N3O6S/c1-44-33(41)21-9-7-8-20(18-21)16-17-36-31(39)29-23-10-3-4-11-24(23)32(40)38(30(29)25-15-14-22(34)19-26(25)35)28-13-6-5-12-27(28)37-45(2,42)43/h3-4,7-11,14-15,18-19,27-30,37H,5-6,12-13,16-17H2,1-2H3,(H,36,39)/t27-,28-,29+,30-/m0/s1. The predicted octanol–water partition coefficient (Wildman–Crippen LogP) is 5.28. The molecule has 1 aliphatic heterocycles. The van der Waals surface area contributed by atoms with Gasteiger partial charge >= 0.3 is 5.97 Å². The van der Waals surface area contributed by atoms with Gasteiger partial charge in [-0.2, -0.15) is 0 Å². The molecule has 4 atom stereocenters. The van der Waals surface area contributed by atoms with E-state index in [0.717, 1.165) is 24.7 Å². The highest BCUT2D eigenvalue weighted by Crippen LogP contribution is 2.47. The Morgan fingerprint density at radius 1 is 0.978 bits per heavy atom. The van der Waals surface area contributed by atoms with E-state index in [4.69, 9.17) is 27.9 Å². The van der Waals surface area contributed by atoms with Crippen molar-refractivity contribution in [1.29, 1.82) is 0 Å². The molecule has 1 heterocycles. The minimum absolute atomic E-state index is 0.263. The first kappa shape index (κ1) is 32.9. The van der Waals surface area contributed by atoms with Crippen molar-refractivity contribution in [2.24, 2.45) is 0 Å². The summed E-state index contributed by atoms with van der Waals surface area (Å²) in [5.41, 5.74) is 2.74. The molecule has 1 fully saturated rings. The van der Waals surface area contributed by atoms with Crippen molar-refractivity contribution in [1.82, 2.24) is 14.9 Å². The summed E-state index contributed by atoms with van der Waals surface area (Å²) in [6, 6.07) is 17.1. The number of nitrogens with zero attached hydrogens (tertiary/aromatic N) is 1. The lowest BCUT2D eigenvalue weighted by molar-refractivity contribution is -0.124. The van der Waals surface area contributed by atoms with Crippen LogP contribution in [0, 0.1) is 0 Å². The summed E-state index contributed by atoms with van der Waals surface area (Å²) in [5.74, 6) is -1.92. The summed E-state index contributed by atoms with van der Waals surface area (Å²) in [4.78, 5) is 42.3. The molecule has 5 rings (SSSR count). The summed E-state index contributed by atoms with van der Waals surface area (Å²) < 4.78 is 32.4. The largest absolute Gasteiger partial charge is 0.465 e. The summed E-state index contributed by atoms with van der Waals surface area (Å²) >= 11 is 13.1. The van der Waals surface area contributed by atoms with Crippen LogP contribution < -0.4 is 10.0 Å². The number of hydrogen-bond acceptors (Lipinski definition) is 6. The number of hydrogen-bond donors (Lipinski definition) is 2. The second-order valence-corrected chi connectivity index (χ2v) is 14.1. The third kappa shape index (κ3) is 7.35. The van der Waals surface area contributed by atoms with Gasteiger partial charge in [0.15, 0.2) is 0 Å². The molecule has 238 valence electrons. The molecular weight excluding hydrogens is 637 g/mol. The van der Waals surface area contributed by atoms with Crippen molar-refractivity contribution in [2.45, 2.75) is 56.1 Å². The number of nitrogens with one attached hydrogen (secondary N) is 2. The van der Waals surface area contributed by atoms with Crippen molar-refractivity contribution in [3.63, 3.8) is 0 Å². The Morgan fingerprint density at radius 3 is 2.47 bits per heavy atom. The van der Waals surface area contributed by atoms with Crippen LogP contribution in [0.1, 0.15) is 75.0 Å². The Bertz CT molecular complexity index is 1720. The summed E-state index contributed by atoms with van der Waals surface area (Å²) in [5, 5.41) is 3.75. The molecule has 45 heavy (non-hydrogen) atoms. The molecule has 3 aromatic carbocycles. The number of amides is 2. The zero-order chi connectivity index (χ0) is 32.3. The average Bonchev–Trinajstić information content (AvgIpc) is 3.00. The van der Waals surface area contributed by atoms with Crippen molar-refractivity contribution in [2.75, 3.05) is 19.9 Å². The van der Waals surface area contributed by atoms with Crippen molar-refractivity contribution >= 4 is 51.0 Å². The van der Waals surface area contributed by atoms with Crippen molar-refractivity contribution in [3.05, 3.63) is 105 Å². The fourth-order valence-corrected chi connectivity index (χ4v) is 7.88. The highest BCUT2D eigenvalue weighted by Gasteiger charge is 2.49. The average molecular weight is 673 g/mol. The highest BCUT2D eigenvalue weighted by molar-refractivity contribution is 7.88. The smallest absolute Gasteiger partial charge is 0.337 e. The predicted molar refractivity (Wildman–Crippen MR) is 173 cm³/mol. The maximum atomic E-state index is 14.4. The second-order valence-electron chi connectivity index (χ2n) is 11.5. The topological polar surface area (TPSA) is 122 Å². The normalized spacial score (nSPS) is 21.6. The lowest BCUT2D eigenvalue weighted by Crippen LogP contribution is -2.59. The number of ether oxygens (including phenoxy) is 1. The van der Waals surface area contributed by atoms with Gasteiger partial charge in [-0.3, -0.25) is 9.59 Å². The summed E-state index contributed by atoms with van der Waals surface area (Å²) in [7, 11) is -2.27. The number of fused-ring (bicyclic) bond motifs is 1. The Morgan fingerprint density at radius 2 is 1.73 bits per heavy atom. The van der Waals surface area contributed by atoms with E-state index in [-0.39, 0.29) is 18.4 Å². The number of carbonyl (C=O) groups is 3. The van der Waals surface area contributed by atoms with Crippen LogP contribution in [-0.4, -0.2) is 63.1 Å². The molecule has 0 saturated heterocycles. The fraction of sp³-hybridized carbons (Fsp3) is 0.364. The van der Waals surface area contributed by atoms with Gasteiger partial charge in [0.25, 0.3) is 5.91 Å². The maximum absolute atomic E-state index is 14.4. The molecule has 0 bridgehead atoms. The molecule has 0 aromatic heterocycles. The third-order valence-electron chi connectivity index (χ3n) is 8.45. The van der Waals surface area contributed by atoms with E-state index in [1.807, 2.05) is 6.07 Å². The van der Waals surface area contributed by atoms with Gasteiger partial charge in [-0.25, -0.2) is 17.9 Å². The van der Waals surface area contributed by atoms with E-state index in [1.165, 1.54) is 7.11 Å². The monoisotopic (exact) mass is 671 g/mol. The molecule has 3 aromatic rings. The summed E-state index contributed by atoms with van der Waals surface area (Å²) in [6.45, 7) is 0.263.